The third kappa shape index (κ3) is 5.14. The van der Waals surface area contributed by atoms with E-state index in [1.165, 1.54) is 42.4 Å². The molecule has 7 nitrogen and oxygen atoms in total. The fraction of sp³-hybridized carbons (Fsp3) is 0.645. The molecule has 206 valence electrons. The van der Waals surface area contributed by atoms with Crippen LogP contribution in [0.25, 0.3) is 5.57 Å². The average Bonchev–Trinajstić information content (AvgIpc) is 3.23. The summed E-state index contributed by atoms with van der Waals surface area (Å²) >= 11 is 0. The number of ether oxygens (including phenoxy) is 1. The highest BCUT2D eigenvalue weighted by Crippen LogP contribution is 2.66. The van der Waals surface area contributed by atoms with Crippen LogP contribution in [0.5, 0.6) is 0 Å². The minimum Gasteiger partial charge on any atom is -0.444 e. The molecule has 0 bridgehead atoms. The Bertz CT molecular complexity index is 1120. The van der Waals surface area contributed by atoms with Crippen LogP contribution >= 0.6 is 0 Å². The standard InChI is InChI=1S/C31H43N3O4/c1-29(2,3)37-28(36)33-19-27(35)38-34-22-12-14-30(4)21(17-22)8-9-23-25-11-10-24(20-7-6-16-32-18-20)31(25,5)15-13-26(23)30/h6-7,10,16-18,22-23,25-26,34H,8-9,11-15,19H2,1-5H3,(H,33,36). The van der Waals surface area contributed by atoms with E-state index in [0.717, 1.165) is 25.2 Å². The van der Waals surface area contributed by atoms with Crippen LogP contribution in [0.15, 0.2) is 42.3 Å². The summed E-state index contributed by atoms with van der Waals surface area (Å²) in [5, 5.41) is 2.45. The Hall–Kier alpha value is -2.67. The van der Waals surface area contributed by atoms with Crippen LogP contribution < -0.4 is 10.8 Å². The van der Waals surface area contributed by atoms with Gasteiger partial charge in [0.05, 0.1) is 6.04 Å². The number of hydrogen-bond donors (Lipinski definition) is 2. The third-order valence-electron chi connectivity index (χ3n) is 9.77. The van der Waals surface area contributed by atoms with E-state index in [2.05, 4.69) is 53.9 Å². The fourth-order valence-corrected chi connectivity index (χ4v) is 7.99. The summed E-state index contributed by atoms with van der Waals surface area (Å²) in [5.74, 6) is 1.60. The molecule has 2 fully saturated rings. The van der Waals surface area contributed by atoms with Crippen molar-refractivity contribution in [3.63, 3.8) is 0 Å². The van der Waals surface area contributed by atoms with Crippen LogP contribution in [-0.2, 0) is 14.4 Å². The maximum Gasteiger partial charge on any atom is 0.408 e. The maximum absolute atomic E-state index is 12.2. The van der Waals surface area contributed by atoms with Crippen molar-refractivity contribution in [3.8, 4) is 0 Å². The summed E-state index contributed by atoms with van der Waals surface area (Å²) in [6.07, 6.45) is 16.1. The van der Waals surface area contributed by atoms with Crippen molar-refractivity contribution < 1.29 is 19.2 Å². The van der Waals surface area contributed by atoms with E-state index < -0.39 is 17.7 Å². The number of allylic oxidation sites excluding steroid dienone is 3. The smallest absolute Gasteiger partial charge is 0.408 e. The highest BCUT2D eigenvalue weighted by Gasteiger charge is 2.57. The van der Waals surface area contributed by atoms with Crippen molar-refractivity contribution >= 4 is 17.6 Å². The number of hydroxylamine groups is 1. The zero-order valence-corrected chi connectivity index (χ0v) is 23.5. The van der Waals surface area contributed by atoms with E-state index in [9.17, 15) is 9.59 Å². The van der Waals surface area contributed by atoms with Gasteiger partial charge in [0, 0.05) is 12.4 Å². The van der Waals surface area contributed by atoms with Gasteiger partial charge in [0.2, 0.25) is 0 Å². The molecule has 1 heterocycles. The minimum atomic E-state index is -0.629. The summed E-state index contributed by atoms with van der Waals surface area (Å²) < 4.78 is 5.16. The van der Waals surface area contributed by atoms with Crippen LogP contribution in [0.2, 0.25) is 0 Å². The van der Waals surface area contributed by atoms with Gasteiger partial charge in [0.15, 0.2) is 0 Å². The second kappa shape index (κ2) is 10.1. The number of hydrogen-bond acceptors (Lipinski definition) is 6. The Balaban J connectivity index is 1.19. The molecule has 6 unspecified atom stereocenters. The van der Waals surface area contributed by atoms with Crippen molar-refractivity contribution in [1.82, 2.24) is 15.8 Å². The fourth-order valence-electron chi connectivity index (χ4n) is 7.99. The second-order valence-corrected chi connectivity index (χ2v) is 13.2. The lowest BCUT2D eigenvalue weighted by Gasteiger charge is -2.58. The molecule has 0 saturated heterocycles. The molecule has 4 aliphatic rings. The Morgan fingerprint density at radius 3 is 2.63 bits per heavy atom. The summed E-state index contributed by atoms with van der Waals surface area (Å²) in [6, 6.07) is 4.27. The monoisotopic (exact) mass is 521 g/mol. The van der Waals surface area contributed by atoms with Gasteiger partial charge in [-0.3, -0.25) is 4.98 Å². The molecule has 0 radical (unpaired) electrons. The van der Waals surface area contributed by atoms with Gasteiger partial charge in [-0.2, -0.15) is 0 Å². The summed E-state index contributed by atoms with van der Waals surface area (Å²) in [7, 11) is 0. The predicted molar refractivity (Wildman–Crippen MR) is 147 cm³/mol. The lowest BCUT2D eigenvalue weighted by atomic mass is 9.46. The Morgan fingerprint density at radius 2 is 1.89 bits per heavy atom. The van der Waals surface area contributed by atoms with Gasteiger partial charge in [0.25, 0.3) is 0 Å². The van der Waals surface area contributed by atoms with E-state index in [1.807, 2.05) is 12.4 Å². The maximum atomic E-state index is 12.2. The first-order valence-electron chi connectivity index (χ1n) is 14.2. The zero-order chi connectivity index (χ0) is 27.1. The lowest BCUT2D eigenvalue weighted by molar-refractivity contribution is -0.151. The van der Waals surface area contributed by atoms with Gasteiger partial charge in [-0.25, -0.2) is 9.59 Å². The van der Waals surface area contributed by atoms with Crippen LogP contribution in [0.1, 0.15) is 85.1 Å². The molecule has 1 amide bonds. The van der Waals surface area contributed by atoms with E-state index in [0.29, 0.717) is 11.8 Å². The number of alkyl carbamates (subject to hydrolysis) is 1. The lowest BCUT2D eigenvalue weighted by Crippen LogP contribution is -2.51. The molecule has 2 saturated carbocycles. The summed E-state index contributed by atoms with van der Waals surface area (Å²) in [5.41, 5.74) is 7.11. The van der Waals surface area contributed by atoms with Gasteiger partial charge >= 0.3 is 12.1 Å². The summed E-state index contributed by atoms with van der Waals surface area (Å²) in [6.45, 7) is 10.1. The molecule has 7 heteroatoms. The van der Waals surface area contributed by atoms with Gasteiger partial charge in [0.1, 0.15) is 12.1 Å². The molecule has 38 heavy (non-hydrogen) atoms. The number of carbonyl (C=O) groups is 2. The predicted octanol–water partition coefficient (Wildman–Crippen LogP) is 5.98. The highest BCUT2D eigenvalue weighted by atomic mass is 16.7. The van der Waals surface area contributed by atoms with Crippen LogP contribution in [0, 0.1) is 28.6 Å². The molecule has 1 aromatic heterocycles. The molecular formula is C31H43N3O4. The van der Waals surface area contributed by atoms with Crippen molar-refractivity contribution in [1.29, 1.82) is 0 Å². The topological polar surface area (TPSA) is 89.5 Å². The van der Waals surface area contributed by atoms with Crippen LogP contribution in [0.4, 0.5) is 4.79 Å². The SMILES string of the molecule is CC(C)(C)OC(=O)NCC(=O)ONC1C=C2CCC3C(CCC4(C)C(c5cccnc5)=CCC34)C2(C)CC1. The molecule has 0 aromatic carbocycles. The number of nitrogens with zero attached hydrogens (tertiary/aromatic N) is 1. The number of carbonyl (C=O) groups excluding carboxylic acids is 2. The molecule has 5 rings (SSSR count). The molecular weight excluding hydrogens is 478 g/mol. The Kier molecular flexibility index (Phi) is 7.18. The molecule has 6 atom stereocenters. The van der Waals surface area contributed by atoms with Crippen molar-refractivity contribution in [2.45, 2.75) is 91.2 Å². The van der Waals surface area contributed by atoms with Gasteiger partial charge < -0.3 is 14.9 Å². The first kappa shape index (κ1) is 26.9. The Labute approximate surface area is 226 Å². The molecule has 1 aromatic rings. The number of nitrogens with one attached hydrogen (secondary N) is 2. The first-order chi connectivity index (χ1) is 18.0. The van der Waals surface area contributed by atoms with E-state index in [-0.39, 0.29) is 23.4 Å². The quantitative estimate of drug-likeness (QED) is 0.366. The minimum absolute atomic E-state index is 0.000659. The van der Waals surface area contributed by atoms with Crippen molar-refractivity contribution in [2.75, 3.05) is 6.54 Å². The molecule has 0 aliphatic heterocycles. The number of pyridine rings is 1. The largest absolute Gasteiger partial charge is 0.444 e. The van der Waals surface area contributed by atoms with Crippen molar-refractivity contribution in [3.05, 3.63) is 47.8 Å². The van der Waals surface area contributed by atoms with Gasteiger partial charge in [-0.15, -0.1) is 5.48 Å². The van der Waals surface area contributed by atoms with E-state index in [1.54, 1.807) is 20.8 Å². The summed E-state index contributed by atoms with van der Waals surface area (Å²) in [4.78, 5) is 33.6. The molecule has 0 spiro atoms. The zero-order valence-electron chi connectivity index (χ0n) is 23.5. The third-order valence-corrected chi connectivity index (χ3v) is 9.77. The van der Waals surface area contributed by atoms with E-state index in [4.69, 9.17) is 9.57 Å². The van der Waals surface area contributed by atoms with Crippen LogP contribution in [-0.4, -0.2) is 35.2 Å². The number of rotatable bonds is 5. The molecule has 2 N–H and O–H groups in total. The first-order valence-corrected chi connectivity index (χ1v) is 14.2. The van der Waals surface area contributed by atoms with Gasteiger partial charge in [-0.05, 0) is 112 Å². The number of fused-ring (bicyclic) bond motifs is 5. The highest BCUT2D eigenvalue weighted by molar-refractivity contribution is 5.77. The molecule has 4 aliphatic carbocycles. The van der Waals surface area contributed by atoms with Crippen LogP contribution in [0.3, 0.4) is 0 Å². The van der Waals surface area contributed by atoms with Gasteiger partial charge in [-0.1, -0.05) is 37.6 Å². The number of amides is 1. The Morgan fingerprint density at radius 1 is 1.11 bits per heavy atom. The second-order valence-electron chi connectivity index (χ2n) is 13.2. The van der Waals surface area contributed by atoms with Crippen molar-refractivity contribution in [2.24, 2.45) is 28.6 Å². The normalized spacial score (nSPS) is 34.1. The van der Waals surface area contributed by atoms with E-state index >= 15 is 0 Å². The number of aromatic nitrogens is 1. The average molecular weight is 522 g/mol.